The van der Waals surface area contributed by atoms with Crippen LogP contribution in [0, 0.1) is 5.92 Å². The van der Waals surface area contributed by atoms with Gasteiger partial charge in [0, 0.05) is 18.6 Å². The number of nitrogens with one attached hydrogen (secondary N) is 1. The van der Waals surface area contributed by atoms with E-state index in [-0.39, 0.29) is 11.6 Å². The van der Waals surface area contributed by atoms with Crippen LogP contribution in [0.25, 0.3) is 0 Å². The number of likely N-dealkylation sites (tertiary alicyclic amines) is 1. The maximum atomic E-state index is 11.8. The highest BCUT2D eigenvalue weighted by atomic mass is 16.4. The van der Waals surface area contributed by atoms with Crippen molar-refractivity contribution in [2.75, 3.05) is 13.1 Å². The summed E-state index contributed by atoms with van der Waals surface area (Å²) in [6, 6.07) is -0.157. The Morgan fingerprint density at radius 1 is 1.50 bits per heavy atom. The number of carboxylic acids is 1. The maximum absolute atomic E-state index is 11.8. The van der Waals surface area contributed by atoms with Gasteiger partial charge in [-0.2, -0.15) is 0 Å². The summed E-state index contributed by atoms with van der Waals surface area (Å²) >= 11 is 0. The van der Waals surface area contributed by atoms with Gasteiger partial charge in [0.2, 0.25) is 0 Å². The number of carbonyl (C=O) groups excluding carboxylic acids is 1. The normalized spacial score (nSPS) is 20.9. The van der Waals surface area contributed by atoms with E-state index in [9.17, 15) is 9.59 Å². The molecule has 0 aliphatic carbocycles. The molecule has 16 heavy (non-hydrogen) atoms. The van der Waals surface area contributed by atoms with Crippen molar-refractivity contribution < 1.29 is 14.7 Å². The van der Waals surface area contributed by atoms with Crippen molar-refractivity contribution >= 4 is 12.0 Å². The quantitative estimate of drug-likeness (QED) is 0.764. The highest BCUT2D eigenvalue weighted by Crippen LogP contribution is 2.17. The number of nitrogens with zero attached hydrogens (tertiary/aromatic N) is 1. The lowest BCUT2D eigenvalue weighted by Crippen LogP contribution is -2.49. The average Bonchev–Trinajstić information content (AvgIpc) is 2.66. The number of amides is 2. The second kappa shape index (κ2) is 4.72. The lowest BCUT2D eigenvalue weighted by Gasteiger charge is -2.28. The van der Waals surface area contributed by atoms with Gasteiger partial charge in [-0.3, -0.25) is 4.79 Å². The minimum absolute atomic E-state index is 0.157. The van der Waals surface area contributed by atoms with Crippen LogP contribution in [-0.4, -0.2) is 40.6 Å². The third-order valence-corrected chi connectivity index (χ3v) is 3.15. The molecule has 1 unspecified atom stereocenters. The van der Waals surface area contributed by atoms with Crippen LogP contribution < -0.4 is 5.32 Å². The Balaban J connectivity index is 2.48. The molecule has 1 atom stereocenters. The largest absolute Gasteiger partial charge is 0.481 e. The van der Waals surface area contributed by atoms with Crippen molar-refractivity contribution in [3.05, 3.63) is 0 Å². The highest BCUT2D eigenvalue weighted by molar-refractivity contribution is 5.77. The van der Waals surface area contributed by atoms with Crippen molar-refractivity contribution in [2.24, 2.45) is 5.92 Å². The summed E-state index contributed by atoms with van der Waals surface area (Å²) in [6.07, 6.45) is 1.39. The second-order valence-corrected chi connectivity index (χ2v) is 4.94. The first kappa shape index (κ1) is 12.8. The SMILES string of the molecule is CCC(C)(C)NC(=O)N1CCC(C(=O)O)C1. The Bertz CT molecular complexity index is 289. The van der Waals surface area contributed by atoms with Crippen LogP contribution in [0.15, 0.2) is 0 Å². The Hall–Kier alpha value is -1.26. The van der Waals surface area contributed by atoms with Gasteiger partial charge in [0.15, 0.2) is 0 Å². The van der Waals surface area contributed by atoms with Crippen LogP contribution in [0.4, 0.5) is 4.79 Å². The summed E-state index contributed by atoms with van der Waals surface area (Å²) in [5.41, 5.74) is -0.238. The molecule has 1 aliphatic rings. The molecule has 1 saturated heterocycles. The van der Waals surface area contributed by atoms with Gasteiger partial charge in [-0.25, -0.2) is 4.79 Å². The van der Waals surface area contributed by atoms with Gasteiger partial charge >= 0.3 is 12.0 Å². The predicted octanol–water partition coefficient (Wildman–Crippen LogP) is 1.29. The molecule has 1 fully saturated rings. The van der Waals surface area contributed by atoms with Crippen molar-refractivity contribution in [2.45, 2.75) is 39.2 Å². The first-order chi connectivity index (χ1) is 7.35. The molecule has 0 aromatic heterocycles. The minimum Gasteiger partial charge on any atom is -0.481 e. The third kappa shape index (κ3) is 3.12. The molecular formula is C11H20N2O3. The molecular weight excluding hydrogens is 208 g/mol. The average molecular weight is 228 g/mol. The topological polar surface area (TPSA) is 69.6 Å². The Labute approximate surface area is 95.8 Å². The number of aliphatic carboxylic acids is 1. The zero-order valence-corrected chi connectivity index (χ0v) is 10.1. The number of hydrogen-bond donors (Lipinski definition) is 2. The molecule has 0 spiro atoms. The standard InChI is InChI=1S/C11H20N2O3/c1-4-11(2,3)12-10(16)13-6-5-8(7-13)9(14)15/h8H,4-7H2,1-3H3,(H,12,16)(H,14,15). The zero-order chi connectivity index (χ0) is 12.3. The summed E-state index contributed by atoms with van der Waals surface area (Å²) in [7, 11) is 0. The van der Waals surface area contributed by atoms with E-state index in [0.29, 0.717) is 19.5 Å². The molecule has 0 bridgehead atoms. The summed E-state index contributed by atoms with van der Waals surface area (Å²) in [5, 5.41) is 11.7. The fourth-order valence-electron chi connectivity index (χ4n) is 1.60. The van der Waals surface area contributed by atoms with Crippen LogP contribution in [0.1, 0.15) is 33.6 Å². The van der Waals surface area contributed by atoms with E-state index < -0.39 is 11.9 Å². The molecule has 2 amide bonds. The number of rotatable bonds is 3. The molecule has 1 aliphatic heterocycles. The van der Waals surface area contributed by atoms with Crippen LogP contribution in [0.5, 0.6) is 0 Å². The first-order valence-electron chi connectivity index (χ1n) is 5.65. The number of hydrogen-bond acceptors (Lipinski definition) is 2. The van der Waals surface area contributed by atoms with Gasteiger partial charge < -0.3 is 15.3 Å². The fourth-order valence-corrected chi connectivity index (χ4v) is 1.60. The van der Waals surface area contributed by atoms with Gasteiger partial charge in [0.25, 0.3) is 0 Å². The number of carboxylic acid groups (broad SMARTS) is 1. The summed E-state index contributed by atoms with van der Waals surface area (Å²) in [4.78, 5) is 24.1. The molecule has 0 radical (unpaired) electrons. The van der Waals surface area contributed by atoms with Crippen molar-refractivity contribution in [3.8, 4) is 0 Å². The van der Waals surface area contributed by atoms with Gasteiger partial charge in [-0.05, 0) is 26.7 Å². The smallest absolute Gasteiger partial charge is 0.317 e. The second-order valence-electron chi connectivity index (χ2n) is 4.94. The lowest BCUT2D eigenvalue weighted by molar-refractivity contribution is -0.141. The van der Waals surface area contributed by atoms with E-state index in [1.807, 2.05) is 20.8 Å². The summed E-state index contributed by atoms with van der Waals surface area (Å²) in [6.45, 7) is 6.76. The lowest BCUT2D eigenvalue weighted by atomic mass is 10.0. The molecule has 5 heteroatoms. The van der Waals surface area contributed by atoms with Crippen LogP contribution in [0.2, 0.25) is 0 Å². The van der Waals surface area contributed by atoms with E-state index in [0.717, 1.165) is 6.42 Å². The fraction of sp³-hybridized carbons (Fsp3) is 0.818. The minimum atomic E-state index is -0.815. The summed E-state index contributed by atoms with van der Waals surface area (Å²) in [5.74, 6) is -1.22. The van der Waals surface area contributed by atoms with Gasteiger partial charge in [-0.1, -0.05) is 6.92 Å². The van der Waals surface area contributed by atoms with Gasteiger partial charge in [0.1, 0.15) is 0 Å². The number of carbonyl (C=O) groups is 2. The maximum Gasteiger partial charge on any atom is 0.317 e. The van der Waals surface area contributed by atoms with Crippen LogP contribution in [-0.2, 0) is 4.79 Å². The molecule has 1 heterocycles. The van der Waals surface area contributed by atoms with E-state index in [1.165, 1.54) is 0 Å². The van der Waals surface area contributed by atoms with Crippen LogP contribution >= 0.6 is 0 Å². The van der Waals surface area contributed by atoms with Gasteiger partial charge in [-0.15, -0.1) is 0 Å². The Morgan fingerprint density at radius 3 is 2.56 bits per heavy atom. The molecule has 0 aromatic carbocycles. The molecule has 92 valence electrons. The van der Waals surface area contributed by atoms with E-state index in [2.05, 4.69) is 5.32 Å². The predicted molar refractivity (Wildman–Crippen MR) is 60.2 cm³/mol. The molecule has 0 saturated carbocycles. The van der Waals surface area contributed by atoms with Gasteiger partial charge in [0.05, 0.1) is 5.92 Å². The first-order valence-corrected chi connectivity index (χ1v) is 5.65. The van der Waals surface area contributed by atoms with Crippen molar-refractivity contribution in [1.82, 2.24) is 10.2 Å². The molecule has 1 rings (SSSR count). The number of urea groups is 1. The Kier molecular flexibility index (Phi) is 3.78. The molecule has 5 nitrogen and oxygen atoms in total. The van der Waals surface area contributed by atoms with E-state index >= 15 is 0 Å². The van der Waals surface area contributed by atoms with Crippen molar-refractivity contribution in [1.29, 1.82) is 0 Å². The third-order valence-electron chi connectivity index (χ3n) is 3.15. The highest BCUT2D eigenvalue weighted by Gasteiger charge is 2.32. The van der Waals surface area contributed by atoms with Crippen LogP contribution in [0.3, 0.4) is 0 Å². The van der Waals surface area contributed by atoms with Crippen molar-refractivity contribution in [3.63, 3.8) is 0 Å². The summed E-state index contributed by atoms with van der Waals surface area (Å²) < 4.78 is 0. The molecule has 0 aromatic rings. The van der Waals surface area contributed by atoms with E-state index in [4.69, 9.17) is 5.11 Å². The molecule has 2 N–H and O–H groups in total. The zero-order valence-electron chi connectivity index (χ0n) is 10.1. The monoisotopic (exact) mass is 228 g/mol. The Morgan fingerprint density at radius 2 is 2.12 bits per heavy atom. The van der Waals surface area contributed by atoms with E-state index in [1.54, 1.807) is 4.90 Å².